The molecule has 0 atom stereocenters. The number of amides is 2. The van der Waals surface area contributed by atoms with Crippen LogP contribution in [0.3, 0.4) is 0 Å². The van der Waals surface area contributed by atoms with Gasteiger partial charge in [0.1, 0.15) is 5.82 Å². The number of nitrogens with zero attached hydrogens (tertiary/aromatic N) is 2. The van der Waals surface area contributed by atoms with E-state index in [4.69, 9.17) is 5.73 Å². The zero-order valence-corrected chi connectivity index (χ0v) is 8.78. The van der Waals surface area contributed by atoms with Gasteiger partial charge < -0.3 is 5.73 Å². The van der Waals surface area contributed by atoms with Gasteiger partial charge in [0.25, 0.3) is 0 Å². The number of carbonyl (C=O) groups is 1. The molecule has 0 spiro atoms. The van der Waals surface area contributed by atoms with Gasteiger partial charge in [-0.1, -0.05) is 15.9 Å². The minimum Gasteiger partial charge on any atom is -0.351 e. The van der Waals surface area contributed by atoms with Crippen molar-refractivity contribution < 1.29 is 4.79 Å². The van der Waals surface area contributed by atoms with Crippen molar-refractivity contribution in [1.29, 1.82) is 0 Å². The van der Waals surface area contributed by atoms with Crippen molar-refractivity contribution in [2.75, 3.05) is 11.4 Å². The summed E-state index contributed by atoms with van der Waals surface area (Å²) in [7, 11) is 0. The predicted molar refractivity (Wildman–Crippen MR) is 54.5 cm³/mol. The average Bonchev–Trinajstić information content (AvgIpc) is 2.04. The second-order valence-electron chi connectivity index (χ2n) is 2.41. The largest absolute Gasteiger partial charge is 0.351 e. The highest BCUT2D eigenvalue weighted by atomic mass is 79.9. The smallest absolute Gasteiger partial charge is 0.320 e. The van der Waals surface area contributed by atoms with Crippen LogP contribution in [-0.2, 0) is 0 Å². The Morgan fingerprint density at radius 1 is 1.77 bits per heavy atom. The Kier molecular flexibility index (Phi) is 3.25. The van der Waals surface area contributed by atoms with Crippen LogP contribution in [-0.4, -0.2) is 17.6 Å². The number of nitrogens with two attached hydrogens (primary N) is 1. The maximum Gasteiger partial charge on any atom is 0.320 e. The molecule has 0 radical (unpaired) electrons. The van der Waals surface area contributed by atoms with Crippen LogP contribution in [0.4, 0.5) is 10.6 Å². The summed E-state index contributed by atoms with van der Waals surface area (Å²) in [5.74, 6) is 0.560. The Morgan fingerprint density at radius 2 is 2.46 bits per heavy atom. The number of primary amides is 1. The summed E-state index contributed by atoms with van der Waals surface area (Å²) in [6.07, 6.45) is 1.62. The molecule has 1 rings (SSSR count). The summed E-state index contributed by atoms with van der Waals surface area (Å²) >= 11 is 3.29. The number of anilines is 1. The lowest BCUT2D eigenvalue weighted by Crippen LogP contribution is -2.36. The van der Waals surface area contributed by atoms with Crippen LogP contribution in [0.5, 0.6) is 0 Å². The van der Waals surface area contributed by atoms with Crippen LogP contribution >= 0.6 is 15.9 Å². The van der Waals surface area contributed by atoms with Crippen LogP contribution in [0.2, 0.25) is 0 Å². The van der Waals surface area contributed by atoms with Crippen molar-refractivity contribution in [1.82, 2.24) is 4.98 Å². The Morgan fingerprint density at radius 3 is 2.92 bits per heavy atom. The summed E-state index contributed by atoms with van der Waals surface area (Å²) in [6.45, 7) is 2.35. The maximum atomic E-state index is 10.9. The predicted octanol–water partition coefficient (Wildman–Crippen LogP) is 1.75. The molecule has 13 heavy (non-hydrogen) atoms. The maximum absolute atomic E-state index is 10.9. The van der Waals surface area contributed by atoms with Gasteiger partial charge in [0, 0.05) is 17.2 Å². The topological polar surface area (TPSA) is 59.2 Å². The zero-order chi connectivity index (χ0) is 9.84. The van der Waals surface area contributed by atoms with Crippen LogP contribution in [0, 0.1) is 0 Å². The first kappa shape index (κ1) is 9.98. The number of hydrogen-bond acceptors (Lipinski definition) is 2. The van der Waals surface area contributed by atoms with E-state index >= 15 is 0 Å². The highest BCUT2D eigenvalue weighted by Crippen LogP contribution is 2.16. The SMILES string of the molecule is CCN(C(N)=O)c1cc(Br)ccn1. The van der Waals surface area contributed by atoms with Crippen molar-refractivity contribution >= 4 is 27.8 Å². The summed E-state index contributed by atoms with van der Waals surface area (Å²) in [4.78, 5) is 16.4. The Bertz CT molecular complexity index is 316. The standard InChI is InChI=1S/C8H10BrN3O/c1-2-12(8(10)13)7-5-6(9)3-4-11-7/h3-5H,2H2,1H3,(H2,10,13). The monoisotopic (exact) mass is 243 g/mol. The first-order valence-corrected chi connectivity index (χ1v) is 4.63. The van der Waals surface area contributed by atoms with Gasteiger partial charge in [0.2, 0.25) is 0 Å². The molecule has 1 aromatic rings. The molecule has 70 valence electrons. The molecule has 0 fully saturated rings. The normalized spacial score (nSPS) is 9.69. The van der Waals surface area contributed by atoms with Gasteiger partial charge in [-0.3, -0.25) is 4.90 Å². The minimum atomic E-state index is -0.492. The van der Waals surface area contributed by atoms with Crippen molar-refractivity contribution in [3.63, 3.8) is 0 Å². The molecule has 0 saturated carbocycles. The molecule has 5 heteroatoms. The molecule has 2 N–H and O–H groups in total. The molecule has 0 aliphatic rings. The fraction of sp³-hybridized carbons (Fsp3) is 0.250. The van der Waals surface area contributed by atoms with E-state index in [9.17, 15) is 4.79 Å². The fourth-order valence-electron chi connectivity index (χ4n) is 0.972. The molecule has 1 aromatic heterocycles. The van der Waals surface area contributed by atoms with Crippen LogP contribution in [0.15, 0.2) is 22.8 Å². The lowest BCUT2D eigenvalue weighted by Gasteiger charge is -2.16. The van der Waals surface area contributed by atoms with E-state index in [1.165, 1.54) is 4.90 Å². The van der Waals surface area contributed by atoms with Crippen LogP contribution in [0.25, 0.3) is 0 Å². The number of hydrogen-bond donors (Lipinski definition) is 1. The summed E-state index contributed by atoms with van der Waals surface area (Å²) in [6, 6.07) is 3.04. The molecule has 0 aromatic carbocycles. The zero-order valence-electron chi connectivity index (χ0n) is 7.20. The van der Waals surface area contributed by atoms with Gasteiger partial charge in [0.15, 0.2) is 0 Å². The number of rotatable bonds is 2. The van der Waals surface area contributed by atoms with Crippen LogP contribution in [0.1, 0.15) is 6.92 Å². The molecular weight excluding hydrogens is 234 g/mol. The van der Waals surface area contributed by atoms with E-state index in [1.807, 2.05) is 6.92 Å². The van der Waals surface area contributed by atoms with E-state index in [-0.39, 0.29) is 0 Å². The average molecular weight is 244 g/mol. The lowest BCUT2D eigenvalue weighted by molar-refractivity contribution is 0.254. The number of halogens is 1. The van der Waals surface area contributed by atoms with Gasteiger partial charge in [-0.2, -0.15) is 0 Å². The number of urea groups is 1. The number of aromatic nitrogens is 1. The lowest BCUT2D eigenvalue weighted by atomic mass is 10.4. The quantitative estimate of drug-likeness (QED) is 0.861. The Labute approximate surface area is 84.9 Å². The third kappa shape index (κ3) is 2.42. The molecule has 0 bridgehead atoms. The molecular formula is C8H10BrN3O. The molecule has 0 aliphatic carbocycles. The second-order valence-corrected chi connectivity index (χ2v) is 3.33. The van der Waals surface area contributed by atoms with Gasteiger partial charge in [0.05, 0.1) is 0 Å². The highest BCUT2D eigenvalue weighted by molar-refractivity contribution is 9.10. The van der Waals surface area contributed by atoms with E-state index < -0.39 is 6.03 Å². The van der Waals surface area contributed by atoms with Gasteiger partial charge in [-0.05, 0) is 19.1 Å². The Hall–Kier alpha value is -1.10. The summed E-state index contributed by atoms with van der Waals surface area (Å²) in [5, 5.41) is 0. The van der Waals surface area contributed by atoms with E-state index in [2.05, 4.69) is 20.9 Å². The molecule has 0 unspecified atom stereocenters. The summed E-state index contributed by atoms with van der Waals surface area (Å²) < 4.78 is 0.872. The molecule has 0 saturated heterocycles. The van der Waals surface area contributed by atoms with Gasteiger partial charge >= 0.3 is 6.03 Å². The van der Waals surface area contributed by atoms with Crippen molar-refractivity contribution in [2.24, 2.45) is 5.73 Å². The second kappa shape index (κ2) is 4.23. The number of pyridine rings is 1. The highest BCUT2D eigenvalue weighted by Gasteiger charge is 2.10. The Balaban J connectivity index is 2.98. The van der Waals surface area contributed by atoms with E-state index in [1.54, 1.807) is 18.3 Å². The summed E-state index contributed by atoms with van der Waals surface area (Å²) in [5.41, 5.74) is 5.16. The fourth-order valence-corrected chi connectivity index (χ4v) is 1.29. The third-order valence-electron chi connectivity index (χ3n) is 1.57. The first-order valence-electron chi connectivity index (χ1n) is 3.83. The van der Waals surface area contributed by atoms with Crippen molar-refractivity contribution in [3.05, 3.63) is 22.8 Å². The van der Waals surface area contributed by atoms with E-state index in [0.717, 1.165) is 4.47 Å². The molecule has 1 heterocycles. The molecule has 0 aliphatic heterocycles. The van der Waals surface area contributed by atoms with Gasteiger partial charge in [-0.25, -0.2) is 9.78 Å². The van der Waals surface area contributed by atoms with Crippen molar-refractivity contribution in [3.8, 4) is 0 Å². The molecule has 4 nitrogen and oxygen atoms in total. The third-order valence-corrected chi connectivity index (χ3v) is 2.06. The van der Waals surface area contributed by atoms with Crippen LogP contribution < -0.4 is 10.6 Å². The minimum absolute atomic E-state index is 0.492. The number of carbonyl (C=O) groups excluding carboxylic acids is 1. The first-order chi connectivity index (χ1) is 6.15. The van der Waals surface area contributed by atoms with Crippen molar-refractivity contribution in [2.45, 2.75) is 6.92 Å². The van der Waals surface area contributed by atoms with Gasteiger partial charge in [-0.15, -0.1) is 0 Å². The molecule has 2 amide bonds. The van der Waals surface area contributed by atoms with E-state index in [0.29, 0.717) is 12.4 Å².